The molecule has 0 atom stereocenters. The third kappa shape index (κ3) is 4.18. The molecule has 0 N–H and O–H groups in total. The Morgan fingerprint density at radius 2 is 1.77 bits per heavy atom. The van der Waals surface area contributed by atoms with E-state index in [0.717, 1.165) is 41.6 Å². The minimum atomic E-state index is -3.79. The first-order valence-corrected chi connectivity index (χ1v) is 12.6. The summed E-state index contributed by atoms with van der Waals surface area (Å²) in [6.07, 6.45) is 1.77. The van der Waals surface area contributed by atoms with Crippen LogP contribution in [0.1, 0.15) is 5.56 Å². The van der Waals surface area contributed by atoms with Gasteiger partial charge >= 0.3 is 0 Å². The standard InChI is InChI=1S/C21H23Br2N3O3S/c1-24-7-9-25(10-8-24)13-15-14-26(20-5-3-16(22)11-18(15)20)30(27,28)21-6-4-17(29-2)12-19(21)23/h3-6,11-12,14H,7-10,13H2,1-2H3. The first-order chi connectivity index (χ1) is 14.3. The van der Waals surface area contributed by atoms with Gasteiger partial charge < -0.3 is 9.64 Å². The first kappa shape index (κ1) is 21.8. The molecule has 2 aromatic carbocycles. The fourth-order valence-electron chi connectivity index (χ4n) is 3.73. The number of rotatable bonds is 5. The Kier molecular flexibility index (Phi) is 6.28. The Morgan fingerprint density at radius 3 is 2.43 bits per heavy atom. The van der Waals surface area contributed by atoms with E-state index in [2.05, 4.69) is 48.7 Å². The second kappa shape index (κ2) is 8.63. The van der Waals surface area contributed by atoms with Gasteiger partial charge in [0.1, 0.15) is 10.6 Å². The molecule has 1 aliphatic heterocycles. The van der Waals surface area contributed by atoms with Gasteiger partial charge in [0.25, 0.3) is 10.0 Å². The van der Waals surface area contributed by atoms with Crippen molar-refractivity contribution in [1.82, 2.24) is 13.8 Å². The van der Waals surface area contributed by atoms with Crippen LogP contribution < -0.4 is 4.74 Å². The molecule has 1 aromatic heterocycles. The van der Waals surface area contributed by atoms with E-state index in [4.69, 9.17) is 4.74 Å². The number of benzene rings is 2. The van der Waals surface area contributed by atoms with Gasteiger partial charge in [-0.1, -0.05) is 15.9 Å². The average molecular weight is 557 g/mol. The molecule has 0 radical (unpaired) electrons. The van der Waals surface area contributed by atoms with E-state index in [9.17, 15) is 8.42 Å². The molecule has 1 fully saturated rings. The fourth-order valence-corrected chi connectivity index (χ4v) is 6.51. The number of methoxy groups -OCH3 is 1. The lowest BCUT2D eigenvalue weighted by Gasteiger charge is -2.32. The van der Waals surface area contributed by atoms with Crippen molar-refractivity contribution < 1.29 is 13.2 Å². The summed E-state index contributed by atoms with van der Waals surface area (Å²) in [7, 11) is -0.113. The van der Waals surface area contributed by atoms with Crippen LogP contribution in [0.4, 0.5) is 0 Å². The fraction of sp³-hybridized carbons (Fsp3) is 0.333. The van der Waals surface area contributed by atoms with Crippen molar-refractivity contribution in [1.29, 1.82) is 0 Å². The minimum absolute atomic E-state index is 0.203. The van der Waals surface area contributed by atoms with Crippen molar-refractivity contribution in [2.24, 2.45) is 0 Å². The highest BCUT2D eigenvalue weighted by Gasteiger charge is 2.25. The van der Waals surface area contributed by atoms with E-state index in [1.54, 1.807) is 31.5 Å². The van der Waals surface area contributed by atoms with Crippen molar-refractivity contribution in [2.75, 3.05) is 40.3 Å². The SMILES string of the molecule is COc1ccc(S(=O)(=O)n2cc(CN3CCN(C)CC3)c3cc(Br)ccc32)c(Br)c1. The van der Waals surface area contributed by atoms with E-state index in [1.807, 2.05) is 18.2 Å². The van der Waals surface area contributed by atoms with Gasteiger partial charge in [0.15, 0.2) is 0 Å². The topological polar surface area (TPSA) is 54.8 Å². The molecule has 1 aliphatic rings. The van der Waals surface area contributed by atoms with E-state index in [-0.39, 0.29) is 4.90 Å². The van der Waals surface area contributed by atoms with Gasteiger partial charge in [-0.25, -0.2) is 12.4 Å². The first-order valence-electron chi connectivity index (χ1n) is 9.59. The van der Waals surface area contributed by atoms with Crippen molar-refractivity contribution in [3.63, 3.8) is 0 Å². The summed E-state index contributed by atoms with van der Waals surface area (Å²) in [6, 6.07) is 10.6. The number of hydrogen-bond acceptors (Lipinski definition) is 5. The monoisotopic (exact) mass is 555 g/mol. The number of ether oxygens (including phenoxy) is 1. The van der Waals surface area contributed by atoms with E-state index >= 15 is 0 Å². The molecule has 0 saturated carbocycles. The van der Waals surface area contributed by atoms with Crippen molar-refractivity contribution >= 4 is 52.8 Å². The maximum absolute atomic E-state index is 13.6. The molecule has 0 aliphatic carbocycles. The molecule has 0 amide bonds. The Hall–Kier alpha value is -1.39. The maximum Gasteiger partial charge on any atom is 0.269 e. The highest BCUT2D eigenvalue weighted by atomic mass is 79.9. The normalized spacial score (nSPS) is 16.3. The molecule has 2 heterocycles. The highest BCUT2D eigenvalue weighted by molar-refractivity contribution is 9.10. The molecule has 3 aromatic rings. The number of nitrogens with zero attached hydrogens (tertiary/aromatic N) is 3. The molecule has 160 valence electrons. The minimum Gasteiger partial charge on any atom is -0.497 e. The largest absolute Gasteiger partial charge is 0.497 e. The smallest absolute Gasteiger partial charge is 0.269 e. The van der Waals surface area contributed by atoms with E-state index in [0.29, 0.717) is 22.3 Å². The highest BCUT2D eigenvalue weighted by Crippen LogP contribution is 2.33. The van der Waals surface area contributed by atoms with Crippen LogP contribution in [0.3, 0.4) is 0 Å². The molecule has 0 unspecified atom stereocenters. The van der Waals surface area contributed by atoms with Gasteiger partial charge in [-0.15, -0.1) is 0 Å². The van der Waals surface area contributed by atoms with E-state index < -0.39 is 10.0 Å². The van der Waals surface area contributed by atoms with Crippen molar-refractivity contribution in [2.45, 2.75) is 11.4 Å². The van der Waals surface area contributed by atoms with Gasteiger partial charge in [-0.2, -0.15) is 0 Å². The molecule has 0 spiro atoms. The maximum atomic E-state index is 13.6. The van der Waals surface area contributed by atoms with Crippen LogP contribution in [0.15, 0.2) is 56.4 Å². The second-order valence-corrected chi connectivity index (χ2v) is 11.0. The van der Waals surface area contributed by atoms with Gasteiger partial charge in [-0.3, -0.25) is 4.90 Å². The summed E-state index contributed by atoms with van der Waals surface area (Å²) in [5.41, 5.74) is 1.68. The third-order valence-electron chi connectivity index (χ3n) is 5.48. The summed E-state index contributed by atoms with van der Waals surface area (Å²) >= 11 is 6.93. The van der Waals surface area contributed by atoms with E-state index in [1.165, 1.54) is 3.97 Å². The van der Waals surface area contributed by atoms with Crippen LogP contribution >= 0.6 is 31.9 Å². The number of hydrogen-bond donors (Lipinski definition) is 0. The summed E-state index contributed by atoms with van der Waals surface area (Å²) in [5, 5.41) is 0.941. The summed E-state index contributed by atoms with van der Waals surface area (Å²) in [5.74, 6) is 0.595. The Labute approximate surface area is 193 Å². The molecular weight excluding hydrogens is 534 g/mol. The van der Waals surface area contributed by atoms with Gasteiger partial charge in [0.05, 0.1) is 12.6 Å². The summed E-state index contributed by atoms with van der Waals surface area (Å²) in [4.78, 5) is 4.88. The van der Waals surface area contributed by atoms with Gasteiger partial charge in [-0.05, 0) is 64.9 Å². The van der Waals surface area contributed by atoms with Crippen LogP contribution in [0, 0.1) is 0 Å². The van der Waals surface area contributed by atoms with Gasteiger partial charge in [0.2, 0.25) is 0 Å². The number of fused-ring (bicyclic) bond motifs is 1. The van der Waals surface area contributed by atoms with Gasteiger partial charge in [0, 0.05) is 53.3 Å². The zero-order chi connectivity index (χ0) is 21.5. The van der Waals surface area contributed by atoms with Crippen LogP contribution in [0.5, 0.6) is 5.75 Å². The summed E-state index contributed by atoms with van der Waals surface area (Å²) < 4.78 is 35.1. The number of likely N-dealkylation sites (N-methyl/N-ethyl adjacent to an activating group) is 1. The summed E-state index contributed by atoms with van der Waals surface area (Å²) in [6.45, 7) is 4.67. The third-order valence-corrected chi connectivity index (χ3v) is 8.62. The van der Waals surface area contributed by atoms with Crippen LogP contribution in [-0.4, -0.2) is 62.5 Å². The lowest BCUT2D eigenvalue weighted by Crippen LogP contribution is -2.43. The molecule has 9 heteroatoms. The molecule has 4 rings (SSSR count). The molecular formula is C21H23Br2N3O3S. The zero-order valence-electron chi connectivity index (χ0n) is 16.8. The van der Waals surface area contributed by atoms with Crippen LogP contribution in [0.2, 0.25) is 0 Å². The Balaban J connectivity index is 1.79. The molecule has 6 nitrogen and oxygen atoms in total. The molecule has 0 bridgehead atoms. The lowest BCUT2D eigenvalue weighted by molar-refractivity contribution is 0.148. The lowest BCUT2D eigenvalue weighted by atomic mass is 10.1. The average Bonchev–Trinajstić information content (AvgIpc) is 3.07. The second-order valence-electron chi connectivity index (χ2n) is 7.49. The Morgan fingerprint density at radius 1 is 1.03 bits per heavy atom. The molecule has 30 heavy (non-hydrogen) atoms. The quantitative estimate of drug-likeness (QED) is 0.472. The number of piperazine rings is 1. The molecule has 1 saturated heterocycles. The predicted molar refractivity (Wildman–Crippen MR) is 126 cm³/mol. The Bertz CT molecular complexity index is 1190. The predicted octanol–water partition coefficient (Wildman–Crippen LogP) is 4.16. The van der Waals surface area contributed by atoms with Crippen molar-refractivity contribution in [3.05, 3.63) is 57.1 Å². The van der Waals surface area contributed by atoms with Crippen molar-refractivity contribution in [3.8, 4) is 5.75 Å². The van der Waals surface area contributed by atoms with Crippen LogP contribution in [0.25, 0.3) is 10.9 Å². The number of halogens is 2. The number of aromatic nitrogens is 1. The van der Waals surface area contributed by atoms with Crippen LogP contribution in [-0.2, 0) is 16.6 Å². The zero-order valence-corrected chi connectivity index (χ0v) is 20.8.